The third kappa shape index (κ3) is 3.09. The van der Waals surface area contributed by atoms with E-state index in [1.54, 1.807) is 0 Å². The van der Waals surface area contributed by atoms with E-state index < -0.39 is 0 Å². The zero-order chi connectivity index (χ0) is 12.2. The summed E-state index contributed by atoms with van der Waals surface area (Å²) in [4.78, 5) is 4.20. The van der Waals surface area contributed by atoms with Crippen molar-refractivity contribution in [1.82, 2.24) is 15.6 Å². The van der Waals surface area contributed by atoms with E-state index in [4.69, 9.17) is 0 Å². The van der Waals surface area contributed by atoms with Gasteiger partial charge in [-0.25, -0.2) is 0 Å². The highest BCUT2D eigenvalue weighted by Crippen LogP contribution is 2.40. The Balaban J connectivity index is 1.36. The molecule has 0 radical (unpaired) electrons. The molecule has 1 aromatic rings. The van der Waals surface area contributed by atoms with Crippen molar-refractivity contribution in [3.05, 3.63) is 30.1 Å². The number of hydrogen-bond acceptors (Lipinski definition) is 3. The van der Waals surface area contributed by atoms with E-state index in [0.717, 1.165) is 5.92 Å². The average Bonchev–Trinajstić information content (AvgIpc) is 3.21. The Kier molecular flexibility index (Phi) is 3.91. The van der Waals surface area contributed by atoms with Crippen molar-refractivity contribution in [3.63, 3.8) is 0 Å². The summed E-state index contributed by atoms with van der Waals surface area (Å²) < 4.78 is 0. The molecule has 1 aromatic heterocycles. The molecule has 1 aliphatic heterocycles. The lowest BCUT2D eigenvalue weighted by Crippen LogP contribution is -2.30. The van der Waals surface area contributed by atoms with Gasteiger partial charge >= 0.3 is 0 Å². The molecule has 1 saturated carbocycles. The number of hydrogen-bond donors (Lipinski definition) is 2. The number of nitrogens with one attached hydrogen (secondary N) is 2. The second-order valence-corrected chi connectivity index (χ2v) is 5.67. The highest BCUT2D eigenvalue weighted by Gasteiger charge is 2.37. The first-order valence-electron chi connectivity index (χ1n) is 7.27. The lowest BCUT2D eigenvalue weighted by atomic mass is 9.95. The van der Waals surface area contributed by atoms with Crippen LogP contribution in [0.5, 0.6) is 0 Å². The molecule has 98 valence electrons. The topological polar surface area (TPSA) is 37.0 Å². The van der Waals surface area contributed by atoms with Gasteiger partial charge in [-0.1, -0.05) is 6.07 Å². The van der Waals surface area contributed by atoms with Crippen LogP contribution >= 0.6 is 0 Å². The Morgan fingerprint density at radius 3 is 3.00 bits per heavy atom. The SMILES string of the molecule is c1cncc([C@@H]2C[C@H]2NCCC2CCNCC2)c1. The van der Waals surface area contributed by atoms with Crippen molar-refractivity contribution < 1.29 is 0 Å². The fraction of sp³-hybridized carbons (Fsp3) is 0.667. The molecule has 0 aromatic carbocycles. The minimum atomic E-state index is 0.705. The van der Waals surface area contributed by atoms with Crippen LogP contribution in [-0.2, 0) is 0 Å². The minimum Gasteiger partial charge on any atom is -0.317 e. The third-order valence-corrected chi connectivity index (χ3v) is 4.32. The van der Waals surface area contributed by atoms with Crippen molar-refractivity contribution in [1.29, 1.82) is 0 Å². The molecule has 0 spiro atoms. The van der Waals surface area contributed by atoms with Crippen LogP contribution in [0.15, 0.2) is 24.5 Å². The molecule has 2 N–H and O–H groups in total. The van der Waals surface area contributed by atoms with Gasteiger partial charge in [0.1, 0.15) is 0 Å². The fourth-order valence-electron chi connectivity index (χ4n) is 3.03. The van der Waals surface area contributed by atoms with Crippen LogP contribution in [0.25, 0.3) is 0 Å². The number of rotatable bonds is 5. The normalized spacial score (nSPS) is 28.2. The first-order chi connectivity index (χ1) is 8.93. The van der Waals surface area contributed by atoms with Gasteiger partial charge in [0, 0.05) is 24.4 Å². The Morgan fingerprint density at radius 1 is 1.33 bits per heavy atom. The van der Waals surface area contributed by atoms with Crippen LogP contribution in [0.1, 0.15) is 37.2 Å². The third-order valence-electron chi connectivity index (χ3n) is 4.32. The molecule has 3 nitrogen and oxygen atoms in total. The summed E-state index contributed by atoms with van der Waals surface area (Å²) in [5, 5.41) is 7.13. The van der Waals surface area contributed by atoms with Crippen molar-refractivity contribution in [3.8, 4) is 0 Å². The predicted octanol–water partition coefficient (Wildman–Crippen LogP) is 1.92. The standard InChI is InChI=1S/C15H23N3/c1-2-13(11-17-6-1)14-10-15(14)18-9-5-12-3-7-16-8-4-12/h1-2,6,11-12,14-16,18H,3-5,7-10H2/t14-,15+/m0/s1. The molecular formula is C15H23N3. The zero-order valence-corrected chi connectivity index (χ0v) is 10.9. The van der Waals surface area contributed by atoms with E-state index >= 15 is 0 Å². The van der Waals surface area contributed by atoms with Gasteiger partial charge in [0.05, 0.1) is 0 Å². The van der Waals surface area contributed by atoms with Crippen molar-refractivity contribution >= 4 is 0 Å². The molecular weight excluding hydrogens is 222 g/mol. The molecule has 1 aliphatic carbocycles. The van der Waals surface area contributed by atoms with Crippen molar-refractivity contribution in [2.24, 2.45) is 5.92 Å². The number of aromatic nitrogens is 1. The maximum absolute atomic E-state index is 4.20. The molecule has 2 atom stereocenters. The van der Waals surface area contributed by atoms with Gasteiger partial charge in [-0.3, -0.25) is 4.98 Å². The molecule has 0 bridgehead atoms. The smallest absolute Gasteiger partial charge is 0.0303 e. The maximum atomic E-state index is 4.20. The second kappa shape index (κ2) is 5.81. The van der Waals surface area contributed by atoms with Gasteiger partial charge < -0.3 is 10.6 Å². The lowest BCUT2D eigenvalue weighted by Gasteiger charge is -2.22. The summed E-state index contributed by atoms with van der Waals surface area (Å²) >= 11 is 0. The summed E-state index contributed by atoms with van der Waals surface area (Å²) in [5.41, 5.74) is 1.40. The van der Waals surface area contributed by atoms with Gasteiger partial charge in [0.15, 0.2) is 0 Å². The first-order valence-corrected chi connectivity index (χ1v) is 7.27. The molecule has 3 heteroatoms. The summed E-state index contributed by atoms with van der Waals surface area (Å²) in [7, 11) is 0. The Hall–Kier alpha value is -0.930. The highest BCUT2D eigenvalue weighted by molar-refractivity contribution is 5.24. The number of pyridine rings is 1. The minimum absolute atomic E-state index is 0.705. The second-order valence-electron chi connectivity index (χ2n) is 5.67. The largest absolute Gasteiger partial charge is 0.317 e. The van der Waals surface area contributed by atoms with Gasteiger partial charge in [-0.05, 0) is 62.9 Å². The van der Waals surface area contributed by atoms with Gasteiger partial charge in [0.2, 0.25) is 0 Å². The van der Waals surface area contributed by atoms with E-state index in [2.05, 4.69) is 21.7 Å². The van der Waals surface area contributed by atoms with Crippen LogP contribution in [0, 0.1) is 5.92 Å². The van der Waals surface area contributed by atoms with E-state index in [9.17, 15) is 0 Å². The summed E-state index contributed by atoms with van der Waals surface area (Å²) in [6.45, 7) is 3.62. The fourth-order valence-corrected chi connectivity index (χ4v) is 3.03. The molecule has 2 fully saturated rings. The summed E-state index contributed by atoms with van der Waals surface area (Å²) in [5.74, 6) is 1.65. The van der Waals surface area contributed by atoms with Crippen LogP contribution in [0.3, 0.4) is 0 Å². The summed E-state index contributed by atoms with van der Waals surface area (Å²) in [6.07, 6.45) is 9.22. The van der Waals surface area contributed by atoms with E-state index in [1.807, 2.05) is 18.5 Å². The highest BCUT2D eigenvalue weighted by atomic mass is 15.0. The van der Waals surface area contributed by atoms with Crippen molar-refractivity contribution in [2.75, 3.05) is 19.6 Å². The first kappa shape index (κ1) is 12.1. The molecule has 3 rings (SSSR count). The maximum Gasteiger partial charge on any atom is 0.0303 e. The predicted molar refractivity (Wildman–Crippen MR) is 73.6 cm³/mol. The lowest BCUT2D eigenvalue weighted by molar-refractivity contribution is 0.347. The molecule has 2 heterocycles. The Labute approximate surface area is 109 Å². The summed E-state index contributed by atoms with van der Waals surface area (Å²) in [6, 6.07) is 4.95. The van der Waals surface area contributed by atoms with E-state index in [-0.39, 0.29) is 0 Å². The van der Waals surface area contributed by atoms with Gasteiger partial charge in [0.25, 0.3) is 0 Å². The van der Waals surface area contributed by atoms with Gasteiger partial charge in [-0.15, -0.1) is 0 Å². The monoisotopic (exact) mass is 245 g/mol. The number of nitrogens with zero attached hydrogens (tertiary/aromatic N) is 1. The van der Waals surface area contributed by atoms with Crippen LogP contribution < -0.4 is 10.6 Å². The van der Waals surface area contributed by atoms with Crippen LogP contribution in [0.4, 0.5) is 0 Å². The van der Waals surface area contributed by atoms with Crippen LogP contribution in [-0.4, -0.2) is 30.7 Å². The number of piperidine rings is 1. The molecule has 0 unspecified atom stereocenters. The van der Waals surface area contributed by atoms with E-state index in [0.29, 0.717) is 12.0 Å². The zero-order valence-electron chi connectivity index (χ0n) is 10.9. The molecule has 18 heavy (non-hydrogen) atoms. The van der Waals surface area contributed by atoms with E-state index in [1.165, 1.54) is 50.9 Å². The molecule has 0 amide bonds. The Bertz CT molecular complexity index is 359. The van der Waals surface area contributed by atoms with Crippen LogP contribution in [0.2, 0.25) is 0 Å². The molecule has 2 aliphatic rings. The average molecular weight is 245 g/mol. The molecule has 1 saturated heterocycles. The van der Waals surface area contributed by atoms with Crippen molar-refractivity contribution in [2.45, 2.75) is 37.6 Å². The van der Waals surface area contributed by atoms with Gasteiger partial charge in [-0.2, -0.15) is 0 Å². The quantitative estimate of drug-likeness (QED) is 0.832. The Morgan fingerprint density at radius 2 is 2.22 bits per heavy atom.